The third kappa shape index (κ3) is 4.24. The number of amides is 1. The average Bonchev–Trinajstić information content (AvgIpc) is 3.12. The molecule has 6 heteroatoms. The Hall–Kier alpha value is -1.67. The number of carbonyl (C=O) groups excluding carboxylic acids is 1. The minimum absolute atomic E-state index is 0.0474. The van der Waals surface area contributed by atoms with Crippen LogP contribution in [0.25, 0.3) is 5.69 Å². The molecule has 2 aromatic carbocycles. The van der Waals surface area contributed by atoms with Gasteiger partial charge in [0.15, 0.2) is 0 Å². The summed E-state index contributed by atoms with van der Waals surface area (Å²) in [7, 11) is 0. The van der Waals surface area contributed by atoms with Gasteiger partial charge in [-0.2, -0.15) is 5.10 Å². The number of hydrogen-bond acceptors (Lipinski definition) is 2. The van der Waals surface area contributed by atoms with Crippen molar-refractivity contribution in [1.82, 2.24) is 15.1 Å². The Morgan fingerprint density at radius 3 is 2.71 bits per heavy atom. The zero-order valence-electron chi connectivity index (χ0n) is 12.7. The summed E-state index contributed by atoms with van der Waals surface area (Å²) in [5, 5.41) is 7.18. The van der Waals surface area contributed by atoms with Gasteiger partial charge in [0.2, 0.25) is 0 Å². The van der Waals surface area contributed by atoms with Crippen molar-refractivity contribution in [1.29, 1.82) is 0 Å². The first-order valence-electron chi connectivity index (χ1n) is 7.46. The van der Waals surface area contributed by atoms with Gasteiger partial charge in [-0.05, 0) is 71.0 Å². The second-order valence-corrected chi connectivity index (χ2v) is 7.33. The van der Waals surface area contributed by atoms with Crippen LogP contribution in [-0.4, -0.2) is 22.2 Å². The largest absolute Gasteiger partial charge is 0.352 e. The predicted molar refractivity (Wildman–Crippen MR) is 106 cm³/mol. The lowest BCUT2D eigenvalue weighted by molar-refractivity contribution is 0.0953. The first-order chi connectivity index (χ1) is 11.6. The molecule has 1 N–H and O–H groups in total. The van der Waals surface area contributed by atoms with Gasteiger partial charge in [-0.25, -0.2) is 4.68 Å². The van der Waals surface area contributed by atoms with Gasteiger partial charge in [0.1, 0.15) is 0 Å². The number of nitrogens with one attached hydrogen (secondary N) is 1. The minimum atomic E-state index is -0.0474. The van der Waals surface area contributed by atoms with Crippen LogP contribution in [0.15, 0.2) is 65.4 Å². The minimum Gasteiger partial charge on any atom is -0.352 e. The summed E-state index contributed by atoms with van der Waals surface area (Å²) in [5.41, 5.74) is 2.89. The summed E-state index contributed by atoms with van der Waals surface area (Å²) in [5.74, 6) is -0.0474. The van der Waals surface area contributed by atoms with Crippen LogP contribution in [0.5, 0.6) is 0 Å². The number of aromatic nitrogens is 2. The molecule has 0 aliphatic heterocycles. The van der Waals surface area contributed by atoms with Crippen LogP contribution in [0.1, 0.15) is 15.9 Å². The van der Waals surface area contributed by atoms with Crippen LogP contribution in [-0.2, 0) is 6.42 Å². The van der Waals surface area contributed by atoms with Gasteiger partial charge in [-0.1, -0.05) is 28.1 Å². The molecule has 122 valence electrons. The van der Waals surface area contributed by atoms with Crippen LogP contribution >= 0.6 is 38.5 Å². The smallest absolute Gasteiger partial charge is 0.252 e. The molecule has 0 radical (unpaired) electrons. The number of benzene rings is 2. The van der Waals surface area contributed by atoms with Crippen molar-refractivity contribution in [3.05, 3.63) is 80.1 Å². The van der Waals surface area contributed by atoms with Crippen molar-refractivity contribution in [2.24, 2.45) is 0 Å². The molecule has 0 aliphatic carbocycles. The van der Waals surface area contributed by atoms with E-state index in [1.165, 1.54) is 5.56 Å². The van der Waals surface area contributed by atoms with Crippen molar-refractivity contribution < 1.29 is 4.79 Å². The molecule has 0 atom stereocenters. The fourth-order valence-corrected chi connectivity index (χ4v) is 3.27. The number of hydrogen-bond donors (Lipinski definition) is 1. The topological polar surface area (TPSA) is 46.9 Å². The van der Waals surface area contributed by atoms with Gasteiger partial charge in [-0.3, -0.25) is 4.79 Å². The molecule has 0 spiro atoms. The summed E-state index contributed by atoms with van der Waals surface area (Å²) in [6, 6.07) is 15.8. The van der Waals surface area contributed by atoms with Gasteiger partial charge in [0.05, 0.1) is 11.3 Å². The maximum atomic E-state index is 12.3. The van der Waals surface area contributed by atoms with Crippen LogP contribution in [0.3, 0.4) is 0 Å². The normalized spacial score (nSPS) is 10.6. The third-order valence-electron chi connectivity index (χ3n) is 3.58. The zero-order chi connectivity index (χ0) is 16.9. The monoisotopic (exact) mass is 495 g/mol. The molecule has 4 nitrogen and oxygen atoms in total. The molecule has 0 saturated heterocycles. The molecule has 3 aromatic rings. The lowest BCUT2D eigenvalue weighted by Crippen LogP contribution is -2.26. The molecule has 1 heterocycles. The van der Waals surface area contributed by atoms with Gasteiger partial charge in [-0.15, -0.1) is 0 Å². The second-order valence-electron chi connectivity index (χ2n) is 5.25. The van der Waals surface area contributed by atoms with Gasteiger partial charge < -0.3 is 5.32 Å². The summed E-state index contributed by atoms with van der Waals surface area (Å²) in [6.45, 7) is 0.600. The predicted octanol–water partition coefficient (Wildman–Crippen LogP) is 4.21. The van der Waals surface area contributed by atoms with E-state index in [-0.39, 0.29) is 5.91 Å². The molecular weight excluding hydrogens is 481 g/mol. The zero-order valence-corrected chi connectivity index (χ0v) is 16.5. The second kappa shape index (κ2) is 7.94. The SMILES string of the molecule is O=C(NCCc1ccc(-n2cccn2)cc1)c1cc(Br)ccc1I. The maximum absolute atomic E-state index is 12.3. The van der Waals surface area contributed by atoms with E-state index in [9.17, 15) is 4.79 Å². The lowest BCUT2D eigenvalue weighted by Gasteiger charge is -2.08. The van der Waals surface area contributed by atoms with Gasteiger partial charge in [0.25, 0.3) is 5.91 Å². The summed E-state index contributed by atoms with van der Waals surface area (Å²) in [6.07, 6.45) is 4.46. The first kappa shape index (κ1) is 17.2. The molecule has 1 amide bonds. The van der Waals surface area contributed by atoms with Crippen LogP contribution in [0.4, 0.5) is 0 Å². The molecule has 3 rings (SSSR count). The van der Waals surface area contributed by atoms with E-state index in [2.05, 4.69) is 61.1 Å². The third-order valence-corrected chi connectivity index (χ3v) is 5.01. The highest BCUT2D eigenvalue weighted by atomic mass is 127. The van der Waals surface area contributed by atoms with Crippen LogP contribution < -0.4 is 5.32 Å². The average molecular weight is 496 g/mol. The summed E-state index contributed by atoms with van der Waals surface area (Å²) < 4.78 is 3.67. The Bertz CT molecular complexity index is 832. The summed E-state index contributed by atoms with van der Waals surface area (Å²) >= 11 is 5.58. The molecule has 0 fully saturated rings. The highest BCUT2D eigenvalue weighted by Gasteiger charge is 2.09. The Balaban J connectivity index is 1.56. The van der Waals surface area contributed by atoms with Gasteiger partial charge in [0, 0.05) is 27.0 Å². The molecule has 1 aromatic heterocycles. The van der Waals surface area contributed by atoms with E-state index in [0.717, 1.165) is 20.2 Å². The summed E-state index contributed by atoms with van der Waals surface area (Å²) in [4.78, 5) is 12.3. The van der Waals surface area contributed by atoms with E-state index in [1.807, 2.05) is 47.3 Å². The van der Waals surface area contributed by atoms with E-state index < -0.39 is 0 Å². The molecule has 0 saturated carbocycles. The Labute approximate surface area is 162 Å². The Morgan fingerprint density at radius 2 is 2.00 bits per heavy atom. The van der Waals surface area contributed by atoms with Crippen molar-refractivity contribution in [2.75, 3.05) is 6.54 Å². The highest BCUT2D eigenvalue weighted by Crippen LogP contribution is 2.18. The van der Waals surface area contributed by atoms with Crippen molar-refractivity contribution in [2.45, 2.75) is 6.42 Å². The molecule has 0 aliphatic rings. The number of carbonyl (C=O) groups is 1. The maximum Gasteiger partial charge on any atom is 0.252 e. The molecular formula is C18H15BrIN3O. The molecule has 24 heavy (non-hydrogen) atoms. The Kier molecular flexibility index (Phi) is 5.68. The van der Waals surface area contributed by atoms with Gasteiger partial charge >= 0.3 is 0 Å². The van der Waals surface area contributed by atoms with E-state index in [4.69, 9.17) is 0 Å². The first-order valence-corrected chi connectivity index (χ1v) is 9.33. The fraction of sp³-hybridized carbons (Fsp3) is 0.111. The highest BCUT2D eigenvalue weighted by molar-refractivity contribution is 14.1. The van der Waals surface area contributed by atoms with E-state index >= 15 is 0 Å². The van der Waals surface area contributed by atoms with Crippen LogP contribution in [0, 0.1) is 3.57 Å². The van der Waals surface area contributed by atoms with Crippen LogP contribution in [0.2, 0.25) is 0 Å². The van der Waals surface area contributed by atoms with Crippen molar-refractivity contribution >= 4 is 44.4 Å². The quantitative estimate of drug-likeness (QED) is 0.539. The fourth-order valence-electron chi connectivity index (χ4n) is 2.32. The Morgan fingerprint density at radius 1 is 1.21 bits per heavy atom. The van der Waals surface area contributed by atoms with E-state index in [0.29, 0.717) is 12.1 Å². The van der Waals surface area contributed by atoms with Crippen molar-refractivity contribution in [3.63, 3.8) is 0 Å². The lowest BCUT2D eigenvalue weighted by atomic mass is 10.1. The molecule has 0 unspecified atom stereocenters. The number of halogens is 2. The number of nitrogens with zero attached hydrogens (tertiary/aromatic N) is 2. The molecule has 0 bridgehead atoms. The van der Waals surface area contributed by atoms with Crippen molar-refractivity contribution in [3.8, 4) is 5.69 Å². The van der Waals surface area contributed by atoms with E-state index in [1.54, 1.807) is 6.20 Å². The standard InChI is InChI=1S/C18H15BrIN3O/c19-14-4-7-17(20)16(12-14)18(24)21-10-8-13-2-5-15(6-3-13)23-11-1-9-22-23/h1-7,9,11-12H,8,10H2,(H,21,24). The number of rotatable bonds is 5.